The number of benzene rings is 2. The molecule has 2 aromatic rings. The van der Waals surface area contributed by atoms with Gasteiger partial charge in [0.2, 0.25) is 0 Å². The van der Waals surface area contributed by atoms with Crippen molar-refractivity contribution in [1.82, 2.24) is 5.32 Å². The molecule has 98 valence electrons. The maximum Gasteiger partial charge on any atom is 0.251 e. The van der Waals surface area contributed by atoms with Crippen molar-refractivity contribution in [2.24, 2.45) is 0 Å². The molecule has 0 heterocycles. The van der Waals surface area contributed by atoms with Crippen molar-refractivity contribution >= 4 is 5.91 Å². The van der Waals surface area contributed by atoms with Gasteiger partial charge >= 0.3 is 0 Å². The van der Waals surface area contributed by atoms with Crippen molar-refractivity contribution in [3.8, 4) is 5.75 Å². The van der Waals surface area contributed by atoms with E-state index >= 15 is 0 Å². The summed E-state index contributed by atoms with van der Waals surface area (Å²) in [6.45, 7) is 2.32. The Morgan fingerprint density at radius 1 is 1.11 bits per heavy atom. The zero-order valence-corrected chi connectivity index (χ0v) is 10.9. The molecule has 0 aliphatic heterocycles. The van der Waals surface area contributed by atoms with Crippen LogP contribution in [-0.2, 0) is 6.42 Å². The number of rotatable bonds is 4. The minimum Gasteiger partial charge on any atom is -0.508 e. The fourth-order valence-electron chi connectivity index (χ4n) is 1.93. The number of hydrogen-bond donors (Lipinski definition) is 2. The summed E-state index contributed by atoms with van der Waals surface area (Å²) in [4.78, 5) is 12.0. The molecule has 0 atom stereocenters. The van der Waals surface area contributed by atoms with Gasteiger partial charge in [0.1, 0.15) is 5.75 Å². The lowest BCUT2D eigenvalue weighted by Crippen LogP contribution is -2.26. The Morgan fingerprint density at radius 3 is 2.58 bits per heavy atom. The third kappa shape index (κ3) is 3.35. The molecule has 3 nitrogen and oxygen atoms in total. The van der Waals surface area contributed by atoms with Crippen LogP contribution in [0.15, 0.2) is 48.5 Å². The van der Waals surface area contributed by atoms with Crippen LogP contribution in [0.3, 0.4) is 0 Å². The topological polar surface area (TPSA) is 49.3 Å². The van der Waals surface area contributed by atoms with Gasteiger partial charge in [0.05, 0.1) is 0 Å². The molecule has 2 rings (SSSR count). The second kappa shape index (κ2) is 6.05. The van der Waals surface area contributed by atoms with E-state index in [0.717, 1.165) is 6.42 Å². The van der Waals surface area contributed by atoms with Crippen LogP contribution in [0.4, 0.5) is 0 Å². The summed E-state index contributed by atoms with van der Waals surface area (Å²) in [5, 5.41) is 12.4. The van der Waals surface area contributed by atoms with Crippen molar-refractivity contribution in [2.45, 2.75) is 13.3 Å². The van der Waals surface area contributed by atoms with Gasteiger partial charge in [-0.25, -0.2) is 0 Å². The maximum absolute atomic E-state index is 12.0. The fourth-order valence-corrected chi connectivity index (χ4v) is 1.93. The number of aromatic hydroxyl groups is 1. The number of carbonyl (C=O) groups is 1. The molecule has 0 spiro atoms. The first-order valence-electron chi connectivity index (χ1n) is 6.29. The average molecular weight is 255 g/mol. The Balaban J connectivity index is 1.93. The van der Waals surface area contributed by atoms with Crippen molar-refractivity contribution in [3.05, 3.63) is 65.2 Å². The number of nitrogens with one attached hydrogen (secondary N) is 1. The van der Waals surface area contributed by atoms with Gasteiger partial charge in [-0.1, -0.05) is 36.4 Å². The fraction of sp³-hybridized carbons (Fsp3) is 0.188. The molecule has 0 fully saturated rings. The molecule has 0 radical (unpaired) electrons. The van der Waals surface area contributed by atoms with Crippen molar-refractivity contribution in [1.29, 1.82) is 0 Å². The first kappa shape index (κ1) is 13.1. The Bertz CT molecular complexity index is 564. The standard InChI is InChI=1S/C16H17NO2/c1-12-14(8-5-9-15(12)18)16(19)17-11-10-13-6-3-2-4-7-13/h2-9,18H,10-11H2,1H3,(H,17,19). The Kier molecular flexibility index (Phi) is 4.18. The second-order valence-corrected chi connectivity index (χ2v) is 4.44. The maximum atomic E-state index is 12.0. The molecule has 1 amide bonds. The summed E-state index contributed by atoms with van der Waals surface area (Å²) in [5.41, 5.74) is 2.32. The highest BCUT2D eigenvalue weighted by Crippen LogP contribution is 2.19. The first-order chi connectivity index (χ1) is 9.18. The predicted molar refractivity (Wildman–Crippen MR) is 75.3 cm³/mol. The van der Waals surface area contributed by atoms with Gasteiger partial charge in [0, 0.05) is 17.7 Å². The molecule has 19 heavy (non-hydrogen) atoms. The quantitative estimate of drug-likeness (QED) is 0.882. The summed E-state index contributed by atoms with van der Waals surface area (Å²) in [7, 11) is 0. The van der Waals surface area contributed by atoms with Crippen LogP contribution in [0.1, 0.15) is 21.5 Å². The van der Waals surface area contributed by atoms with Crippen molar-refractivity contribution in [2.75, 3.05) is 6.54 Å². The van der Waals surface area contributed by atoms with E-state index in [1.807, 2.05) is 30.3 Å². The molecule has 2 aromatic carbocycles. The Morgan fingerprint density at radius 2 is 1.84 bits per heavy atom. The molecule has 0 saturated heterocycles. The van der Waals surface area contributed by atoms with Crippen molar-refractivity contribution in [3.63, 3.8) is 0 Å². The molecule has 0 aliphatic rings. The van der Waals surface area contributed by atoms with Crippen LogP contribution in [0.25, 0.3) is 0 Å². The summed E-state index contributed by atoms with van der Waals surface area (Å²) < 4.78 is 0. The van der Waals surface area contributed by atoms with E-state index in [2.05, 4.69) is 5.32 Å². The van der Waals surface area contributed by atoms with Gasteiger partial charge in [-0.3, -0.25) is 4.79 Å². The van der Waals surface area contributed by atoms with Crippen LogP contribution in [-0.4, -0.2) is 17.6 Å². The summed E-state index contributed by atoms with van der Waals surface area (Å²) in [5.74, 6) is 0.0000375. The minimum atomic E-state index is -0.149. The van der Waals surface area contributed by atoms with Crippen molar-refractivity contribution < 1.29 is 9.90 Å². The van der Waals surface area contributed by atoms with E-state index in [-0.39, 0.29) is 11.7 Å². The van der Waals surface area contributed by atoms with E-state index in [1.165, 1.54) is 5.56 Å². The highest BCUT2D eigenvalue weighted by molar-refractivity contribution is 5.96. The third-order valence-corrected chi connectivity index (χ3v) is 3.09. The highest BCUT2D eigenvalue weighted by atomic mass is 16.3. The SMILES string of the molecule is Cc1c(O)cccc1C(=O)NCCc1ccccc1. The number of hydrogen-bond acceptors (Lipinski definition) is 2. The van der Waals surface area contributed by atoms with E-state index in [4.69, 9.17) is 0 Å². The van der Waals surface area contributed by atoms with E-state index in [1.54, 1.807) is 25.1 Å². The third-order valence-electron chi connectivity index (χ3n) is 3.09. The van der Waals surface area contributed by atoms with Gasteiger partial charge in [-0.15, -0.1) is 0 Å². The molecule has 0 bridgehead atoms. The van der Waals surface area contributed by atoms with Gasteiger partial charge in [0.25, 0.3) is 5.91 Å². The molecule has 0 saturated carbocycles. The van der Waals surface area contributed by atoms with Gasteiger partial charge in [-0.2, -0.15) is 0 Å². The molecule has 0 aliphatic carbocycles. The zero-order chi connectivity index (χ0) is 13.7. The van der Waals surface area contributed by atoms with Crippen LogP contribution < -0.4 is 5.32 Å². The van der Waals surface area contributed by atoms with E-state index in [9.17, 15) is 9.90 Å². The van der Waals surface area contributed by atoms with E-state index < -0.39 is 0 Å². The number of phenolic OH excluding ortho intramolecular Hbond substituents is 1. The van der Waals surface area contributed by atoms with E-state index in [0.29, 0.717) is 17.7 Å². The number of amides is 1. The Labute approximate surface area is 112 Å². The smallest absolute Gasteiger partial charge is 0.251 e. The molecule has 3 heteroatoms. The number of phenols is 1. The zero-order valence-electron chi connectivity index (χ0n) is 10.9. The Hall–Kier alpha value is -2.29. The molecule has 2 N–H and O–H groups in total. The largest absolute Gasteiger partial charge is 0.508 e. The summed E-state index contributed by atoms with van der Waals surface area (Å²) >= 11 is 0. The lowest BCUT2D eigenvalue weighted by atomic mass is 10.1. The van der Waals surface area contributed by atoms with Crippen LogP contribution in [0.2, 0.25) is 0 Å². The molecule has 0 unspecified atom stereocenters. The molecule has 0 aromatic heterocycles. The van der Waals surface area contributed by atoms with Crippen LogP contribution in [0.5, 0.6) is 5.75 Å². The van der Waals surface area contributed by atoms with Crippen LogP contribution in [0, 0.1) is 6.92 Å². The van der Waals surface area contributed by atoms with Gasteiger partial charge < -0.3 is 10.4 Å². The normalized spacial score (nSPS) is 10.2. The lowest BCUT2D eigenvalue weighted by molar-refractivity contribution is 0.0953. The summed E-state index contributed by atoms with van der Waals surface area (Å²) in [6, 6.07) is 15.0. The monoisotopic (exact) mass is 255 g/mol. The van der Waals surface area contributed by atoms with Crippen LogP contribution >= 0.6 is 0 Å². The summed E-state index contributed by atoms with van der Waals surface area (Å²) in [6.07, 6.45) is 0.796. The first-order valence-corrected chi connectivity index (χ1v) is 6.29. The highest BCUT2D eigenvalue weighted by Gasteiger charge is 2.10. The molecular weight excluding hydrogens is 238 g/mol. The second-order valence-electron chi connectivity index (χ2n) is 4.44. The lowest BCUT2D eigenvalue weighted by Gasteiger charge is -2.08. The van der Waals surface area contributed by atoms with Gasteiger partial charge in [0.15, 0.2) is 0 Å². The minimum absolute atomic E-state index is 0.149. The predicted octanol–water partition coefficient (Wildman–Crippen LogP) is 2.67. The number of carbonyl (C=O) groups excluding carboxylic acids is 1. The van der Waals surface area contributed by atoms with Gasteiger partial charge in [-0.05, 0) is 31.0 Å². The average Bonchev–Trinajstić information content (AvgIpc) is 2.43. The molecular formula is C16H17NO2.